The van der Waals surface area contributed by atoms with Crippen molar-refractivity contribution in [3.8, 4) is 0 Å². The zero-order chi connectivity index (χ0) is 18.9. The number of amides is 1. The van der Waals surface area contributed by atoms with Gasteiger partial charge in [0.25, 0.3) is 0 Å². The molecule has 0 atom stereocenters. The standard InChI is InChI=1S/C23H26N2O2/c26-22(21-11-5-2-6-12-21)13-14-23(27)25-18-16-24(17-19-25)15-7-10-20-8-3-1-4-9-20/h1-12H,13-19H2/b10-7+. The molecule has 4 heteroatoms. The maximum Gasteiger partial charge on any atom is 0.223 e. The minimum Gasteiger partial charge on any atom is -0.340 e. The molecule has 27 heavy (non-hydrogen) atoms. The van der Waals surface area contributed by atoms with E-state index < -0.39 is 0 Å². The lowest BCUT2D eigenvalue weighted by atomic mass is 10.1. The molecule has 0 radical (unpaired) electrons. The van der Waals surface area contributed by atoms with E-state index in [0.717, 1.165) is 32.7 Å². The maximum atomic E-state index is 12.4. The third kappa shape index (κ3) is 5.90. The van der Waals surface area contributed by atoms with Crippen molar-refractivity contribution in [3.63, 3.8) is 0 Å². The van der Waals surface area contributed by atoms with E-state index in [1.165, 1.54) is 5.56 Å². The van der Waals surface area contributed by atoms with Gasteiger partial charge in [-0.3, -0.25) is 14.5 Å². The van der Waals surface area contributed by atoms with Gasteiger partial charge < -0.3 is 4.90 Å². The number of benzene rings is 2. The summed E-state index contributed by atoms with van der Waals surface area (Å²) in [4.78, 5) is 28.7. The van der Waals surface area contributed by atoms with Crippen molar-refractivity contribution in [2.75, 3.05) is 32.7 Å². The van der Waals surface area contributed by atoms with Gasteiger partial charge in [0, 0.05) is 51.1 Å². The predicted octanol–water partition coefficient (Wildman–Crippen LogP) is 3.51. The summed E-state index contributed by atoms with van der Waals surface area (Å²) in [7, 11) is 0. The number of hydrogen-bond acceptors (Lipinski definition) is 3. The van der Waals surface area contributed by atoms with Crippen LogP contribution in [0.5, 0.6) is 0 Å². The smallest absolute Gasteiger partial charge is 0.223 e. The molecule has 3 rings (SSSR count). The van der Waals surface area contributed by atoms with Gasteiger partial charge >= 0.3 is 0 Å². The molecule has 4 nitrogen and oxygen atoms in total. The van der Waals surface area contributed by atoms with Crippen molar-refractivity contribution in [1.29, 1.82) is 0 Å². The molecular weight excluding hydrogens is 336 g/mol. The number of carbonyl (C=O) groups is 2. The van der Waals surface area contributed by atoms with Crippen LogP contribution in [0, 0.1) is 0 Å². The second-order valence-electron chi connectivity index (χ2n) is 6.78. The Labute approximate surface area is 161 Å². The second-order valence-corrected chi connectivity index (χ2v) is 6.78. The highest BCUT2D eigenvalue weighted by atomic mass is 16.2. The minimum absolute atomic E-state index is 0.0358. The van der Waals surface area contributed by atoms with Crippen LogP contribution in [0.2, 0.25) is 0 Å². The fraction of sp³-hybridized carbons (Fsp3) is 0.304. The Morgan fingerprint density at radius 2 is 1.44 bits per heavy atom. The number of carbonyl (C=O) groups excluding carboxylic acids is 2. The first-order chi connectivity index (χ1) is 13.2. The van der Waals surface area contributed by atoms with Crippen molar-refractivity contribution < 1.29 is 9.59 Å². The molecule has 0 aliphatic carbocycles. The number of nitrogens with zero attached hydrogens (tertiary/aromatic N) is 2. The quantitative estimate of drug-likeness (QED) is 0.708. The van der Waals surface area contributed by atoms with Crippen molar-refractivity contribution in [1.82, 2.24) is 9.80 Å². The summed E-state index contributed by atoms with van der Waals surface area (Å²) in [5.74, 6) is 0.118. The molecule has 0 N–H and O–H groups in total. The summed E-state index contributed by atoms with van der Waals surface area (Å²) in [6, 6.07) is 19.4. The molecule has 140 valence electrons. The molecule has 1 fully saturated rings. The van der Waals surface area contributed by atoms with Crippen LogP contribution in [0.1, 0.15) is 28.8 Å². The van der Waals surface area contributed by atoms with Crippen molar-refractivity contribution in [2.24, 2.45) is 0 Å². The van der Waals surface area contributed by atoms with Crippen LogP contribution in [-0.4, -0.2) is 54.2 Å². The van der Waals surface area contributed by atoms with Crippen LogP contribution >= 0.6 is 0 Å². The molecule has 0 unspecified atom stereocenters. The SMILES string of the molecule is O=C(CCC(=O)N1CCN(C/C=C/c2ccccc2)CC1)c1ccccc1. The Kier molecular flexibility index (Phi) is 6.94. The second kappa shape index (κ2) is 9.83. The molecule has 0 aromatic heterocycles. The fourth-order valence-electron chi connectivity index (χ4n) is 3.23. The molecule has 0 spiro atoms. The van der Waals surface area contributed by atoms with Gasteiger partial charge in [-0.2, -0.15) is 0 Å². The highest BCUT2D eigenvalue weighted by Crippen LogP contribution is 2.09. The average molecular weight is 362 g/mol. The zero-order valence-corrected chi connectivity index (χ0v) is 15.6. The number of ketones is 1. The van der Waals surface area contributed by atoms with Gasteiger partial charge in [0.2, 0.25) is 5.91 Å². The lowest BCUT2D eigenvalue weighted by Gasteiger charge is -2.34. The zero-order valence-electron chi connectivity index (χ0n) is 15.6. The average Bonchev–Trinajstić information content (AvgIpc) is 2.73. The lowest BCUT2D eigenvalue weighted by molar-refractivity contribution is -0.132. The van der Waals surface area contributed by atoms with E-state index in [4.69, 9.17) is 0 Å². The maximum absolute atomic E-state index is 12.4. The van der Waals surface area contributed by atoms with Crippen LogP contribution in [0.3, 0.4) is 0 Å². The summed E-state index contributed by atoms with van der Waals surface area (Å²) >= 11 is 0. The van der Waals surface area contributed by atoms with Crippen LogP contribution in [-0.2, 0) is 4.79 Å². The molecule has 1 saturated heterocycles. The van der Waals surface area contributed by atoms with Gasteiger partial charge in [0.15, 0.2) is 5.78 Å². The monoisotopic (exact) mass is 362 g/mol. The Morgan fingerprint density at radius 3 is 2.11 bits per heavy atom. The summed E-state index contributed by atoms with van der Waals surface area (Å²) in [5, 5.41) is 0. The van der Waals surface area contributed by atoms with E-state index in [2.05, 4.69) is 29.2 Å². The van der Waals surface area contributed by atoms with Crippen molar-refractivity contribution in [3.05, 3.63) is 77.9 Å². The number of piperazine rings is 1. The topological polar surface area (TPSA) is 40.6 Å². The molecule has 2 aromatic rings. The molecule has 1 aliphatic rings. The Hall–Kier alpha value is -2.72. The number of rotatable bonds is 7. The van der Waals surface area contributed by atoms with Crippen LogP contribution in [0.25, 0.3) is 6.08 Å². The first kappa shape index (κ1) is 19.1. The Bertz CT molecular complexity index is 763. The van der Waals surface area contributed by atoms with E-state index in [1.54, 1.807) is 12.1 Å². The van der Waals surface area contributed by atoms with Gasteiger partial charge in [0.05, 0.1) is 0 Å². The first-order valence-corrected chi connectivity index (χ1v) is 9.52. The normalized spacial score (nSPS) is 15.2. The van der Waals surface area contributed by atoms with Gasteiger partial charge in [-0.25, -0.2) is 0 Å². The molecular formula is C23H26N2O2. The Morgan fingerprint density at radius 1 is 0.815 bits per heavy atom. The van der Waals surface area contributed by atoms with E-state index in [-0.39, 0.29) is 18.1 Å². The van der Waals surface area contributed by atoms with Gasteiger partial charge in [-0.05, 0) is 5.56 Å². The highest BCUT2D eigenvalue weighted by Gasteiger charge is 2.21. The van der Waals surface area contributed by atoms with E-state index in [0.29, 0.717) is 12.0 Å². The van der Waals surface area contributed by atoms with Gasteiger partial charge in [-0.1, -0.05) is 72.8 Å². The number of Topliss-reactive ketones (excluding diaryl/α,β-unsaturated/α-hetero) is 1. The van der Waals surface area contributed by atoms with E-state index in [9.17, 15) is 9.59 Å². The molecule has 1 heterocycles. The molecule has 0 bridgehead atoms. The van der Waals surface area contributed by atoms with Crippen LogP contribution in [0.15, 0.2) is 66.7 Å². The fourth-order valence-corrected chi connectivity index (χ4v) is 3.23. The lowest BCUT2D eigenvalue weighted by Crippen LogP contribution is -2.48. The predicted molar refractivity (Wildman–Crippen MR) is 109 cm³/mol. The molecule has 0 saturated carbocycles. The largest absolute Gasteiger partial charge is 0.340 e. The molecule has 1 aliphatic heterocycles. The minimum atomic E-state index is 0.0358. The summed E-state index contributed by atoms with van der Waals surface area (Å²) in [6.45, 7) is 4.10. The first-order valence-electron chi connectivity index (χ1n) is 9.52. The van der Waals surface area contributed by atoms with Crippen molar-refractivity contribution in [2.45, 2.75) is 12.8 Å². The summed E-state index contributed by atoms with van der Waals surface area (Å²) in [6.07, 6.45) is 4.88. The molecule has 2 aromatic carbocycles. The number of hydrogen-bond donors (Lipinski definition) is 0. The third-order valence-corrected chi connectivity index (χ3v) is 4.86. The van der Waals surface area contributed by atoms with Gasteiger partial charge in [-0.15, -0.1) is 0 Å². The summed E-state index contributed by atoms with van der Waals surface area (Å²) in [5.41, 5.74) is 1.88. The Balaban J connectivity index is 1.37. The van der Waals surface area contributed by atoms with Crippen LogP contribution in [0.4, 0.5) is 0 Å². The highest BCUT2D eigenvalue weighted by molar-refractivity contribution is 5.97. The summed E-state index contributed by atoms with van der Waals surface area (Å²) < 4.78 is 0. The van der Waals surface area contributed by atoms with E-state index in [1.807, 2.05) is 41.3 Å². The molecule has 1 amide bonds. The van der Waals surface area contributed by atoms with Crippen molar-refractivity contribution >= 4 is 17.8 Å². The van der Waals surface area contributed by atoms with E-state index >= 15 is 0 Å². The third-order valence-electron chi connectivity index (χ3n) is 4.86. The van der Waals surface area contributed by atoms with Crippen LogP contribution < -0.4 is 0 Å². The van der Waals surface area contributed by atoms with Gasteiger partial charge in [0.1, 0.15) is 0 Å².